The van der Waals surface area contributed by atoms with Gasteiger partial charge in [0.25, 0.3) is 0 Å². The maximum atomic E-state index is 13.1. The molecule has 0 bridgehead atoms. The molecule has 0 saturated carbocycles. The first-order valence-electron chi connectivity index (χ1n) is 6.19. The molecule has 112 valence electrons. The monoisotopic (exact) mass is 326 g/mol. The summed E-state index contributed by atoms with van der Waals surface area (Å²) >= 11 is 2.68. The second kappa shape index (κ2) is 6.86. The van der Waals surface area contributed by atoms with Crippen LogP contribution < -0.4 is 5.32 Å². The van der Waals surface area contributed by atoms with E-state index in [1.54, 1.807) is 31.1 Å². The number of amides is 1. The highest BCUT2D eigenvalue weighted by molar-refractivity contribution is 8.02. The topological polar surface area (TPSA) is 58.1 Å². The average Bonchev–Trinajstić information content (AvgIpc) is 2.84. The molecule has 0 aliphatic heterocycles. The predicted molar refractivity (Wildman–Crippen MR) is 83.6 cm³/mol. The Labute approximate surface area is 130 Å². The summed E-state index contributed by atoms with van der Waals surface area (Å²) in [6, 6.07) is 6.12. The van der Waals surface area contributed by atoms with Crippen LogP contribution in [0.25, 0.3) is 0 Å². The Morgan fingerprint density at radius 2 is 2.19 bits per heavy atom. The van der Waals surface area contributed by atoms with Crippen LogP contribution in [-0.2, 0) is 4.79 Å². The summed E-state index contributed by atoms with van der Waals surface area (Å²) in [6.07, 6.45) is 0. The van der Waals surface area contributed by atoms with Crippen LogP contribution in [-0.4, -0.2) is 40.3 Å². The van der Waals surface area contributed by atoms with Gasteiger partial charge in [0.15, 0.2) is 4.34 Å². The second-order valence-electron chi connectivity index (χ2n) is 4.50. The van der Waals surface area contributed by atoms with E-state index in [2.05, 4.69) is 15.5 Å². The molecule has 0 spiro atoms. The summed E-state index contributed by atoms with van der Waals surface area (Å²) in [5.41, 5.74) is 0.611. The molecule has 0 aliphatic rings. The minimum atomic E-state index is -0.315. The van der Waals surface area contributed by atoms with E-state index in [9.17, 15) is 9.18 Å². The Balaban J connectivity index is 2.00. The molecular formula is C13H15FN4OS2. The van der Waals surface area contributed by atoms with Crippen molar-refractivity contribution in [3.8, 4) is 0 Å². The Kier molecular flexibility index (Phi) is 5.13. The van der Waals surface area contributed by atoms with Gasteiger partial charge in [0, 0.05) is 19.8 Å². The third kappa shape index (κ3) is 4.40. The van der Waals surface area contributed by atoms with Crippen molar-refractivity contribution in [2.45, 2.75) is 16.5 Å². The zero-order valence-corrected chi connectivity index (χ0v) is 13.5. The lowest BCUT2D eigenvalue weighted by Crippen LogP contribution is -2.29. The first-order chi connectivity index (χ1) is 9.95. The summed E-state index contributed by atoms with van der Waals surface area (Å²) in [6.45, 7) is 1.83. The van der Waals surface area contributed by atoms with Crippen LogP contribution in [0.2, 0.25) is 0 Å². The molecule has 1 atom stereocenters. The molecule has 1 N–H and O–H groups in total. The fourth-order valence-corrected chi connectivity index (χ4v) is 3.62. The molecule has 1 aromatic heterocycles. The molecule has 1 aromatic carbocycles. The minimum Gasteiger partial charge on any atom is -0.348 e. The molecule has 1 unspecified atom stereocenters. The number of carbonyl (C=O) groups excluding carboxylic acids is 1. The van der Waals surface area contributed by atoms with E-state index in [0.717, 1.165) is 0 Å². The number of halogens is 1. The lowest BCUT2D eigenvalue weighted by atomic mass is 10.3. The van der Waals surface area contributed by atoms with Crippen LogP contribution in [0.4, 0.5) is 15.2 Å². The zero-order chi connectivity index (χ0) is 15.4. The van der Waals surface area contributed by atoms with Gasteiger partial charge in [-0.05, 0) is 25.1 Å². The Morgan fingerprint density at radius 3 is 2.86 bits per heavy atom. The first kappa shape index (κ1) is 15.7. The van der Waals surface area contributed by atoms with Crippen LogP contribution in [0.5, 0.6) is 0 Å². The fraction of sp³-hybridized carbons (Fsp3) is 0.308. The second-order valence-corrected chi connectivity index (χ2v) is 7.07. The van der Waals surface area contributed by atoms with Crippen molar-refractivity contribution in [2.24, 2.45) is 0 Å². The number of nitrogens with zero attached hydrogens (tertiary/aromatic N) is 3. The van der Waals surface area contributed by atoms with Gasteiger partial charge in [-0.1, -0.05) is 29.2 Å². The van der Waals surface area contributed by atoms with Gasteiger partial charge in [-0.25, -0.2) is 4.39 Å². The molecule has 2 aromatic rings. The number of carbonyl (C=O) groups is 1. The minimum absolute atomic E-state index is 0.0230. The largest absolute Gasteiger partial charge is 0.348 e. The maximum Gasteiger partial charge on any atom is 0.235 e. The van der Waals surface area contributed by atoms with E-state index in [4.69, 9.17) is 0 Å². The van der Waals surface area contributed by atoms with E-state index in [1.165, 1.54) is 35.2 Å². The van der Waals surface area contributed by atoms with Gasteiger partial charge in [-0.2, -0.15) is 0 Å². The summed E-state index contributed by atoms with van der Waals surface area (Å²) < 4.78 is 13.8. The van der Waals surface area contributed by atoms with Gasteiger partial charge >= 0.3 is 0 Å². The highest BCUT2D eigenvalue weighted by Gasteiger charge is 2.18. The Bertz CT molecular complexity index is 632. The van der Waals surface area contributed by atoms with Gasteiger partial charge in [-0.3, -0.25) is 4.79 Å². The molecular weight excluding hydrogens is 311 g/mol. The van der Waals surface area contributed by atoms with Crippen molar-refractivity contribution in [3.05, 3.63) is 30.1 Å². The zero-order valence-electron chi connectivity index (χ0n) is 11.8. The molecule has 1 heterocycles. The quantitative estimate of drug-likeness (QED) is 0.856. The van der Waals surface area contributed by atoms with E-state index in [1.807, 2.05) is 6.92 Å². The molecule has 0 saturated heterocycles. The number of anilines is 2. The number of aromatic nitrogens is 2. The Morgan fingerprint density at radius 1 is 1.43 bits per heavy atom. The van der Waals surface area contributed by atoms with Crippen molar-refractivity contribution in [1.82, 2.24) is 15.1 Å². The van der Waals surface area contributed by atoms with Gasteiger partial charge in [0.05, 0.1) is 5.25 Å². The molecule has 8 heteroatoms. The molecule has 5 nitrogen and oxygen atoms in total. The molecule has 0 aliphatic carbocycles. The van der Waals surface area contributed by atoms with E-state index < -0.39 is 0 Å². The molecule has 1 amide bonds. The van der Waals surface area contributed by atoms with Gasteiger partial charge in [-0.15, -0.1) is 10.2 Å². The van der Waals surface area contributed by atoms with Crippen LogP contribution in [0, 0.1) is 5.82 Å². The van der Waals surface area contributed by atoms with E-state index in [0.29, 0.717) is 15.2 Å². The number of rotatable bonds is 5. The van der Waals surface area contributed by atoms with Gasteiger partial charge in [0.1, 0.15) is 5.82 Å². The first-order valence-corrected chi connectivity index (χ1v) is 7.89. The summed E-state index contributed by atoms with van der Waals surface area (Å²) in [5, 5.41) is 11.3. The number of benzene rings is 1. The van der Waals surface area contributed by atoms with Crippen LogP contribution >= 0.6 is 23.1 Å². The number of hydrogen-bond donors (Lipinski definition) is 1. The van der Waals surface area contributed by atoms with Gasteiger partial charge in [0.2, 0.25) is 11.0 Å². The maximum absolute atomic E-state index is 13.1. The number of nitrogens with one attached hydrogen (secondary N) is 1. The van der Waals surface area contributed by atoms with E-state index in [-0.39, 0.29) is 17.0 Å². The van der Waals surface area contributed by atoms with Crippen molar-refractivity contribution in [2.75, 3.05) is 19.4 Å². The lowest BCUT2D eigenvalue weighted by Gasteiger charge is -2.14. The van der Waals surface area contributed by atoms with Gasteiger partial charge < -0.3 is 10.2 Å². The van der Waals surface area contributed by atoms with Crippen molar-refractivity contribution >= 4 is 39.8 Å². The van der Waals surface area contributed by atoms with Crippen molar-refractivity contribution < 1.29 is 9.18 Å². The molecule has 0 radical (unpaired) electrons. The predicted octanol–water partition coefficient (Wildman–Crippen LogP) is 2.99. The standard InChI is InChI=1S/C13H15FN4OS2/c1-8(11(19)18(2)3)20-13-17-16-12(21-13)15-10-6-4-5-9(14)7-10/h4-8H,1-3H3,(H,15,16). The van der Waals surface area contributed by atoms with Crippen LogP contribution in [0.3, 0.4) is 0 Å². The number of hydrogen-bond acceptors (Lipinski definition) is 6. The third-order valence-electron chi connectivity index (χ3n) is 2.55. The third-order valence-corrected chi connectivity index (χ3v) is 4.56. The smallest absolute Gasteiger partial charge is 0.235 e. The lowest BCUT2D eigenvalue weighted by molar-refractivity contribution is -0.127. The van der Waals surface area contributed by atoms with Crippen LogP contribution in [0.15, 0.2) is 28.6 Å². The fourth-order valence-electron chi connectivity index (χ4n) is 1.56. The van der Waals surface area contributed by atoms with E-state index >= 15 is 0 Å². The average molecular weight is 326 g/mol. The highest BCUT2D eigenvalue weighted by Crippen LogP contribution is 2.30. The summed E-state index contributed by atoms with van der Waals surface area (Å²) in [5.74, 6) is -0.292. The van der Waals surface area contributed by atoms with Crippen molar-refractivity contribution in [1.29, 1.82) is 0 Å². The summed E-state index contributed by atoms with van der Waals surface area (Å²) in [7, 11) is 3.44. The molecule has 2 rings (SSSR count). The summed E-state index contributed by atoms with van der Waals surface area (Å²) in [4.78, 5) is 13.3. The Hall–Kier alpha value is -1.67. The van der Waals surface area contributed by atoms with Crippen LogP contribution in [0.1, 0.15) is 6.92 Å². The number of thioether (sulfide) groups is 1. The molecule has 21 heavy (non-hydrogen) atoms. The van der Waals surface area contributed by atoms with Crippen molar-refractivity contribution in [3.63, 3.8) is 0 Å². The SMILES string of the molecule is CC(Sc1nnc(Nc2cccc(F)c2)s1)C(=O)N(C)C. The highest BCUT2D eigenvalue weighted by atomic mass is 32.2. The molecule has 0 fully saturated rings. The normalized spacial score (nSPS) is 12.0.